The number of hydrogen-bond donors (Lipinski definition) is 2. The SMILES string of the molecule is CCOc1cc(C=NNC(=O)C(C)C(=O)Nc2ccccc2F)cc(Br)c1OCc1ccccc1. The van der Waals surface area contributed by atoms with Gasteiger partial charge < -0.3 is 14.8 Å². The molecule has 35 heavy (non-hydrogen) atoms. The molecule has 0 aromatic heterocycles. The number of carbonyl (C=O) groups is 2. The van der Waals surface area contributed by atoms with Crippen LogP contribution in [0.15, 0.2) is 76.3 Å². The molecule has 2 amide bonds. The fourth-order valence-electron chi connectivity index (χ4n) is 2.99. The molecule has 0 aliphatic rings. The Morgan fingerprint density at radius 3 is 2.49 bits per heavy atom. The van der Waals surface area contributed by atoms with Crippen LogP contribution in [0.5, 0.6) is 11.5 Å². The smallest absolute Gasteiger partial charge is 0.252 e. The van der Waals surface area contributed by atoms with E-state index >= 15 is 0 Å². The summed E-state index contributed by atoms with van der Waals surface area (Å²) in [6, 6.07) is 19.0. The second-order valence-electron chi connectivity index (χ2n) is 7.46. The summed E-state index contributed by atoms with van der Waals surface area (Å²) in [5, 5.41) is 6.33. The summed E-state index contributed by atoms with van der Waals surface area (Å²) in [7, 11) is 0. The first-order chi connectivity index (χ1) is 16.9. The number of amides is 2. The third kappa shape index (κ3) is 7.38. The Morgan fingerprint density at radius 2 is 1.77 bits per heavy atom. The number of nitrogens with one attached hydrogen (secondary N) is 2. The topological polar surface area (TPSA) is 89.0 Å². The predicted molar refractivity (Wildman–Crippen MR) is 136 cm³/mol. The zero-order chi connectivity index (χ0) is 25.2. The van der Waals surface area contributed by atoms with E-state index in [2.05, 4.69) is 31.8 Å². The van der Waals surface area contributed by atoms with E-state index in [0.29, 0.717) is 34.7 Å². The van der Waals surface area contributed by atoms with Crippen molar-refractivity contribution >= 4 is 39.6 Å². The van der Waals surface area contributed by atoms with E-state index in [1.807, 2.05) is 37.3 Å². The van der Waals surface area contributed by atoms with Gasteiger partial charge in [-0.15, -0.1) is 0 Å². The quantitative estimate of drug-likeness (QED) is 0.207. The van der Waals surface area contributed by atoms with Crippen LogP contribution in [-0.4, -0.2) is 24.6 Å². The highest BCUT2D eigenvalue weighted by Crippen LogP contribution is 2.37. The molecule has 1 unspecified atom stereocenters. The highest BCUT2D eigenvalue weighted by Gasteiger charge is 2.22. The second kappa shape index (κ2) is 12.7. The molecule has 0 saturated heterocycles. The second-order valence-corrected chi connectivity index (χ2v) is 8.32. The number of para-hydroxylation sites is 1. The van der Waals surface area contributed by atoms with Gasteiger partial charge in [0.05, 0.1) is 23.0 Å². The molecule has 0 radical (unpaired) electrons. The molecule has 3 rings (SSSR count). The number of carbonyl (C=O) groups excluding carboxylic acids is 2. The molecule has 0 fully saturated rings. The van der Waals surface area contributed by atoms with Crippen molar-refractivity contribution in [3.05, 3.63) is 88.1 Å². The minimum absolute atomic E-state index is 0.00327. The largest absolute Gasteiger partial charge is 0.490 e. The van der Waals surface area contributed by atoms with Gasteiger partial charge in [-0.05, 0) is 65.2 Å². The monoisotopic (exact) mass is 541 g/mol. The molecule has 0 aliphatic carbocycles. The van der Waals surface area contributed by atoms with Crippen molar-refractivity contribution in [2.45, 2.75) is 20.5 Å². The van der Waals surface area contributed by atoms with Crippen LogP contribution in [0.1, 0.15) is 25.0 Å². The Hall–Kier alpha value is -3.72. The van der Waals surface area contributed by atoms with Crippen LogP contribution < -0.4 is 20.2 Å². The van der Waals surface area contributed by atoms with Gasteiger partial charge in [0.25, 0.3) is 5.91 Å². The van der Waals surface area contributed by atoms with E-state index in [1.54, 1.807) is 18.2 Å². The first-order valence-electron chi connectivity index (χ1n) is 10.9. The maximum absolute atomic E-state index is 13.7. The number of ether oxygens (including phenoxy) is 2. The molecule has 0 heterocycles. The van der Waals surface area contributed by atoms with Crippen LogP contribution in [-0.2, 0) is 16.2 Å². The van der Waals surface area contributed by atoms with E-state index in [9.17, 15) is 14.0 Å². The summed E-state index contributed by atoms with van der Waals surface area (Å²) in [4.78, 5) is 24.6. The fourth-order valence-corrected chi connectivity index (χ4v) is 3.56. The minimum atomic E-state index is -1.09. The lowest BCUT2D eigenvalue weighted by Gasteiger charge is -2.15. The number of nitrogens with zero attached hydrogens (tertiary/aromatic N) is 1. The molecule has 0 saturated carbocycles. The van der Waals surface area contributed by atoms with Crippen LogP contribution in [0, 0.1) is 11.7 Å². The lowest BCUT2D eigenvalue weighted by atomic mass is 10.1. The molecule has 3 aromatic rings. The van der Waals surface area contributed by atoms with Crippen LogP contribution in [0.4, 0.5) is 10.1 Å². The number of anilines is 1. The molecule has 182 valence electrons. The Kier molecular flexibility index (Phi) is 9.37. The van der Waals surface area contributed by atoms with Gasteiger partial charge in [0.2, 0.25) is 5.91 Å². The Labute approximate surface area is 211 Å². The van der Waals surface area contributed by atoms with Gasteiger partial charge in [-0.25, -0.2) is 9.82 Å². The van der Waals surface area contributed by atoms with Gasteiger partial charge in [-0.1, -0.05) is 42.5 Å². The maximum atomic E-state index is 13.7. The van der Waals surface area contributed by atoms with E-state index in [0.717, 1.165) is 5.56 Å². The Bertz CT molecular complexity index is 1200. The lowest BCUT2D eigenvalue weighted by Crippen LogP contribution is -2.34. The first-order valence-corrected chi connectivity index (χ1v) is 11.7. The molecular formula is C26H25BrFN3O4. The summed E-state index contributed by atoms with van der Waals surface area (Å²) in [5.74, 6) is -1.89. The van der Waals surface area contributed by atoms with Crippen molar-refractivity contribution in [1.29, 1.82) is 0 Å². The summed E-state index contributed by atoms with van der Waals surface area (Å²) >= 11 is 3.50. The third-order valence-corrected chi connectivity index (χ3v) is 5.45. The highest BCUT2D eigenvalue weighted by molar-refractivity contribution is 9.10. The molecule has 7 nitrogen and oxygen atoms in total. The lowest BCUT2D eigenvalue weighted by molar-refractivity contribution is -0.131. The van der Waals surface area contributed by atoms with Crippen molar-refractivity contribution in [3.63, 3.8) is 0 Å². The van der Waals surface area contributed by atoms with Crippen LogP contribution in [0.3, 0.4) is 0 Å². The average Bonchev–Trinajstić information content (AvgIpc) is 2.85. The summed E-state index contributed by atoms with van der Waals surface area (Å²) in [6.45, 7) is 4.07. The van der Waals surface area contributed by atoms with Crippen molar-refractivity contribution in [3.8, 4) is 11.5 Å². The third-order valence-electron chi connectivity index (χ3n) is 4.86. The van der Waals surface area contributed by atoms with Gasteiger partial charge in [0.1, 0.15) is 18.3 Å². The number of benzene rings is 3. The fraction of sp³-hybridized carbons (Fsp3) is 0.192. The minimum Gasteiger partial charge on any atom is -0.490 e. The zero-order valence-electron chi connectivity index (χ0n) is 19.3. The van der Waals surface area contributed by atoms with Crippen molar-refractivity contribution in [1.82, 2.24) is 5.43 Å². The molecular weight excluding hydrogens is 517 g/mol. The van der Waals surface area contributed by atoms with Crippen LogP contribution >= 0.6 is 15.9 Å². The van der Waals surface area contributed by atoms with E-state index in [4.69, 9.17) is 9.47 Å². The summed E-state index contributed by atoms with van der Waals surface area (Å²) in [6.07, 6.45) is 1.42. The zero-order valence-corrected chi connectivity index (χ0v) is 20.8. The average molecular weight is 542 g/mol. The Morgan fingerprint density at radius 1 is 1.06 bits per heavy atom. The number of hydrogen-bond acceptors (Lipinski definition) is 5. The number of rotatable bonds is 10. The highest BCUT2D eigenvalue weighted by atomic mass is 79.9. The van der Waals surface area contributed by atoms with Gasteiger partial charge in [-0.2, -0.15) is 5.10 Å². The molecule has 3 aromatic carbocycles. The summed E-state index contributed by atoms with van der Waals surface area (Å²) < 4.78 is 26.1. The molecule has 1 atom stereocenters. The van der Waals surface area contributed by atoms with Gasteiger partial charge in [-0.3, -0.25) is 9.59 Å². The van der Waals surface area contributed by atoms with Gasteiger partial charge in [0.15, 0.2) is 11.5 Å². The summed E-state index contributed by atoms with van der Waals surface area (Å²) in [5.41, 5.74) is 3.99. The molecule has 2 N–H and O–H groups in total. The van der Waals surface area contributed by atoms with Crippen LogP contribution in [0.25, 0.3) is 0 Å². The standard InChI is InChI=1S/C26H25BrFN3O4/c1-3-34-23-14-19(13-20(27)24(23)35-16-18-9-5-4-6-10-18)15-29-31-26(33)17(2)25(32)30-22-12-8-7-11-21(22)28/h4-15,17H,3,16H2,1-2H3,(H,30,32)(H,31,33). The van der Waals surface area contributed by atoms with Crippen molar-refractivity contribution in [2.24, 2.45) is 11.0 Å². The van der Waals surface area contributed by atoms with Crippen molar-refractivity contribution < 1.29 is 23.5 Å². The van der Waals surface area contributed by atoms with E-state index < -0.39 is 23.5 Å². The number of hydrazone groups is 1. The van der Waals surface area contributed by atoms with Gasteiger partial charge >= 0.3 is 0 Å². The van der Waals surface area contributed by atoms with Crippen LogP contribution in [0.2, 0.25) is 0 Å². The van der Waals surface area contributed by atoms with Crippen molar-refractivity contribution in [2.75, 3.05) is 11.9 Å². The van der Waals surface area contributed by atoms with E-state index in [1.165, 1.54) is 31.3 Å². The molecule has 9 heteroatoms. The molecule has 0 bridgehead atoms. The predicted octanol–water partition coefficient (Wildman–Crippen LogP) is 5.29. The van der Waals surface area contributed by atoms with E-state index in [-0.39, 0.29) is 5.69 Å². The normalized spacial score (nSPS) is 11.7. The van der Waals surface area contributed by atoms with Gasteiger partial charge in [0, 0.05) is 0 Å². The maximum Gasteiger partial charge on any atom is 0.252 e. The first kappa shape index (κ1) is 25.9. The molecule has 0 spiro atoms. The number of halogens is 2. The Balaban J connectivity index is 1.63. The molecule has 0 aliphatic heterocycles.